The van der Waals surface area contributed by atoms with Crippen molar-refractivity contribution in [3.05, 3.63) is 35.4 Å². The fraction of sp³-hybridized carbons (Fsp3) is 0.400. The van der Waals surface area contributed by atoms with Gasteiger partial charge in [-0.1, -0.05) is 0 Å². The summed E-state index contributed by atoms with van der Waals surface area (Å²) in [5, 5.41) is 2.53. The Morgan fingerprint density at radius 2 is 1.93 bits per heavy atom. The maximum absolute atomic E-state index is 13.3. The molecule has 1 aromatic rings. The van der Waals surface area contributed by atoms with E-state index in [-0.39, 0.29) is 6.54 Å². The molecular weight excluding hydrogens is 210 g/mol. The van der Waals surface area contributed by atoms with Gasteiger partial charge < -0.3 is 5.32 Å². The second-order valence-electron chi connectivity index (χ2n) is 3.18. The lowest BCUT2D eigenvalue weighted by molar-refractivity contribution is -0.0160. The Bertz CT molecular complexity index is 338. The quantitative estimate of drug-likeness (QED) is 0.771. The molecule has 0 aliphatic heterocycles. The Labute approximate surface area is 85.1 Å². The van der Waals surface area contributed by atoms with Crippen LogP contribution in [0.1, 0.15) is 12.0 Å². The van der Waals surface area contributed by atoms with E-state index in [1.807, 2.05) is 0 Å². The van der Waals surface area contributed by atoms with Crippen LogP contribution in [0, 0.1) is 11.6 Å². The normalized spacial score (nSPS) is 11.8. The van der Waals surface area contributed by atoms with Gasteiger partial charge in [-0.25, -0.2) is 17.6 Å². The van der Waals surface area contributed by atoms with Gasteiger partial charge in [-0.05, 0) is 25.2 Å². The summed E-state index contributed by atoms with van der Waals surface area (Å²) in [5.74, 6) is -5.30. The van der Waals surface area contributed by atoms with Gasteiger partial charge >= 0.3 is 0 Å². The first-order chi connectivity index (χ1) is 6.97. The molecule has 0 spiro atoms. The fourth-order valence-corrected chi connectivity index (χ4v) is 1.19. The van der Waals surface area contributed by atoms with E-state index in [9.17, 15) is 17.6 Å². The summed E-state index contributed by atoms with van der Waals surface area (Å²) in [6.45, 7) is 0.0307. The first-order valence-corrected chi connectivity index (χ1v) is 4.45. The molecule has 0 heterocycles. The van der Waals surface area contributed by atoms with Crippen molar-refractivity contribution in [1.82, 2.24) is 5.32 Å². The summed E-state index contributed by atoms with van der Waals surface area (Å²) in [7, 11) is 1.51. The molecule has 0 bridgehead atoms. The van der Waals surface area contributed by atoms with Crippen LogP contribution in [0.15, 0.2) is 18.2 Å². The lowest BCUT2D eigenvalue weighted by Crippen LogP contribution is -2.22. The van der Waals surface area contributed by atoms with Gasteiger partial charge in [-0.2, -0.15) is 0 Å². The molecule has 1 rings (SSSR count). The van der Waals surface area contributed by atoms with E-state index in [1.54, 1.807) is 0 Å². The predicted octanol–water partition coefficient (Wildman–Crippen LogP) is 2.67. The molecule has 0 saturated carbocycles. The van der Waals surface area contributed by atoms with Crippen molar-refractivity contribution in [3.63, 3.8) is 0 Å². The van der Waals surface area contributed by atoms with Crippen LogP contribution in [-0.4, -0.2) is 13.6 Å². The van der Waals surface area contributed by atoms with Gasteiger partial charge in [-0.3, -0.25) is 0 Å². The lowest BCUT2D eigenvalue weighted by Gasteiger charge is -2.17. The summed E-state index contributed by atoms with van der Waals surface area (Å²) in [4.78, 5) is 0. The van der Waals surface area contributed by atoms with Crippen molar-refractivity contribution in [2.75, 3.05) is 13.6 Å². The van der Waals surface area contributed by atoms with Crippen LogP contribution in [0.25, 0.3) is 0 Å². The third kappa shape index (κ3) is 2.92. The van der Waals surface area contributed by atoms with E-state index in [0.717, 1.165) is 6.07 Å². The molecule has 0 amide bonds. The zero-order valence-corrected chi connectivity index (χ0v) is 8.16. The van der Waals surface area contributed by atoms with Crippen molar-refractivity contribution in [2.24, 2.45) is 0 Å². The number of rotatable bonds is 4. The first-order valence-electron chi connectivity index (χ1n) is 4.45. The van der Waals surface area contributed by atoms with Crippen molar-refractivity contribution in [1.29, 1.82) is 0 Å². The number of alkyl halides is 2. The zero-order valence-electron chi connectivity index (χ0n) is 8.16. The highest BCUT2D eigenvalue weighted by Crippen LogP contribution is 2.33. The highest BCUT2D eigenvalue weighted by molar-refractivity contribution is 5.23. The molecule has 1 aromatic carbocycles. The van der Waals surface area contributed by atoms with E-state index in [0.29, 0.717) is 12.1 Å². The second kappa shape index (κ2) is 4.61. The molecule has 1 nitrogen and oxygen atoms in total. The second-order valence-corrected chi connectivity index (χ2v) is 3.18. The third-order valence-electron chi connectivity index (χ3n) is 2.01. The Morgan fingerprint density at radius 1 is 1.27 bits per heavy atom. The Balaban J connectivity index is 2.97. The number of halogens is 4. The SMILES string of the molecule is CNCCC(F)(F)c1cc(F)ccc1F. The number of nitrogens with one attached hydrogen (secondary N) is 1. The summed E-state index contributed by atoms with van der Waals surface area (Å²) in [5.41, 5.74) is -0.891. The summed E-state index contributed by atoms with van der Waals surface area (Å²) >= 11 is 0. The Hall–Kier alpha value is -1.10. The van der Waals surface area contributed by atoms with Gasteiger partial charge in [0.15, 0.2) is 0 Å². The van der Waals surface area contributed by atoms with Crippen LogP contribution >= 0.6 is 0 Å². The molecule has 0 fully saturated rings. The minimum Gasteiger partial charge on any atom is -0.320 e. The highest BCUT2D eigenvalue weighted by atomic mass is 19.3. The number of hydrogen-bond acceptors (Lipinski definition) is 1. The molecule has 0 atom stereocenters. The van der Waals surface area contributed by atoms with Crippen LogP contribution in [0.2, 0.25) is 0 Å². The van der Waals surface area contributed by atoms with E-state index in [4.69, 9.17) is 0 Å². The summed E-state index contributed by atoms with van der Waals surface area (Å²) in [6, 6.07) is 2.05. The molecule has 84 valence electrons. The molecule has 1 N–H and O–H groups in total. The molecule has 0 aliphatic carbocycles. The monoisotopic (exact) mass is 221 g/mol. The van der Waals surface area contributed by atoms with Crippen LogP contribution in [0.3, 0.4) is 0 Å². The fourth-order valence-electron chi connectivity index (χ4n) is 1.19. The average Bonchev–Trinajstić information content (AvgIpc) is 2.18. The lowest BCUT2D eigenvalue weighted by atomic mass is 10.0. The minimum absolute atomic E-state index is 0.0307. The zero-order chi connectivity index (χ0) is 11.5. The highest BCUT2D eigenvalue weighted by Gasteiger charge is 2.34. The maximum atomic E-state index is 13.3. The van der Waals surface area contributed by atoms with Crippen LogP contribution in [0.4, 0.5) is 17.6 Å². The number of hydrogen-bond donors (Lipinski definition) is 1. The van der Waals surface area contributed by atoms with Crippen molar-refractivity contribution in [3.8, 4) is 0 Å². The van der Waals surface area contributed by atoms with E-state index in [1.165, 1.54) is 7.05 Å². The van der Waals surface area contributed by atoms with Crippen molar-refractivity contribution in [2.45, 2.75) is 12.3 Å². The Kier molecular flexibility index (Phi) is 3.68. The van der Waals surface area contributed by atoms with Gasteiger partial charge in [0.25, 0.3) is 5.92 Å². The molecular formula is C10H11F4N. The van der Waals surface area contributed by atoms with Crippen LogP contribution in [-0.2, 0) is 5.92 Å². The van der Waals surface area contributed by atoms with Crippen LogP contribution < -0.4 is 5.32 Å². The topological polar surface area (TPSA) is 12.0 Å². The maximum Gasteiger partial charge on any atom is 0.277 e. The van der Waals surface area contributed by atoms with Gasteiger partial charge in [0.2, 0.25) is 0 Å². The van der Waals surface area contributed by atoms with Gasteiger partial charge in [0.1, 0.15) is 11.6 Å². The van der Waals surface area contributed by atoms with Crippen molar-refractivity contribution < 1.29 is 17.6 Å². The van der Waals surface area contributed by atoms with Gasteiger partial charge in [-0.15, -0.1) is 0 Å². The molecule has 0 saturated heterocycles. The van der Waals surface area contributed by atoms with E-state index >= 15 is 0 Å². The smallest absolute Gasteiger partial charge is 0.277 e. The minimum atomic E-state index is -3.35. The summed E-state index contributed by atoms with van der Waals surface area (Å²) < 4.78 is 52.4. The molecule has 0 aliphatic rings. The van der Waals surface area contributed by atoms with Gasteiger partial charge in [0.05, 0.1) is 5.56 Å². The van der Waals surface area contributed by atoms with Crippen molar-refractivity contribution >= 4 is 0 Å². The Morgan fingerprint density at radius 3 is 2.53 bits per heavy atom. The molecule has 0 aromatic heterocycles. The molecule has 15 heavy (non-hydrogen) atoms. The van der Waals surface area contributed by atoms with E-state index < -0.39 is 29.5 Å². The molecule has 5 heteroatoms. The standard InChI is InChI=1S/C10H11F4N/c1-15-5-4-10(13,14)8-6-7(11)2-3-9(8)12/h2-3,6,15H,4-5H2,1H3. The average molecular weight is 221 g/mol. The van der Waals surface area contributed by atoms with Gasteiger partial charge in [0, 0.05) is 13.0 Å². The first kappa shape index (κ1) is 12.0. The van der Waals surface area contributed by atoms with Crippen LogP contribution in [0.5, 0.6) is 0 Å². The largest absolute Gasteiger partial charge is 0.320 e. The number of benzene rings is 1. The molecule has 0 radical (unpaired) electrons. The summed E-state index contributed by atoms with van der Waals surface area (Å²) in [6.07, 6.45) is -0.566. The third-order valence-corrected chi connectivity index (χ3v) is 2.01. The molecule has 0 unspecified atom stereocenters. The predicted molar refractivity (Wildman–Crippen MR) is 48.8 cm³/mol. The van der Waals surface area contributed by atoms with E-state index in [2.05, 4.69) is 5.32 Å².